The van der Waals surface area contributed by atoms with Gasteiger partial charge in [-0.1, -0.05) is 12.1 Å². The van der Waals surface area contributed by atoms with E-state index >= 15 is 0 Å². The summed E-state index contributed by atoms with van der Waals surface area (Å²) in [6.45, 7) is 4.02. The van der Waals surface area contributed by atoms with Crippen LogP contribution in [0.1, 0.15) is 27.9 Å². The van der Waals surface area contributed by atoms with Gasteiger partial charge in [0.1, 0.15) is 9.88 Å². The van der Waals surface area contributed by atoms with Gasteiger partial charge in [0, 0.05) is 12.1 Å². The Bertz CT molecular complexity index is 647. The Morgan fingerprint density at radius 3 is 2.43 bits per heavy atom. The van der Waals surface area contributed by atoms with Crippen molar-refractivity contribution in [3.63, 3.8) is 0 Å². The Labute approximate surface area is 123 Å². The van der Waals surface area contributed by atoms with Gasteiger partial charge in [-0.2, -0.15) is 13.2 Å². The fourth-order valence-corrected chi connectivity index (χ4v) is 2.76. The molecule has 0 saturated heterocycles. The van der Waals surface area contributed by atoms with Crippen molar-refractivity contribution >= 4 is 17.2 Å². The third-order valence-corrected chi connectivity index (χ3v) is 4.00. The van der Waals surface area contributed by atoms with Crippen LogP contribution in [0.15, 0.2) is 24.3 Å². The van der Waals surface area contributed by atoms with Crippen molar-refractivity contribution in [1.82, 2.24) is 10.3 Å². The summed E-state index contributed by atoms with van der Waals surface area (Å²) in [7, 11) is 0. The van der Waals surface area contributed by atoms with E-state index in [2.05, 4.69) is 10.3 Å². The predicted octanol–water partition coefficient (Wildman–Crippen LogP) is 3.89. The maximum atomic E-state index is 12.5. The van der Waals surface area contributed by atoms with Gasteiger partial charge in [0.15, 0.2) is 0 Å². The number of rotatable bonds is 3. The van der Waals surface area contributed by atoms with E-state index in [0.717, 1.165) is 12.1 Å². The van der Waals surface area contributed by atoms with Crippen LogP contribution in [0.4, 0.5) is 13.2 Å². The van der Waals surface area contributed by atoms with Gasteiger partial charge in [0.2, 0.25) is 0 Å². The number of aryl methyl sites for hydroxylation is 1. The van der Waals surface area contributed by atoms with Crippen molar-refractivity contribution in [1.29, 1.82) is 0 Å². The second kappa shape index (κ2) is 5.85. The number of carbonyl (C=O) groups excluding carboxylic acids is 1. The topological polar surface area (TPSA) is 42.0 Å². The first kappa shape index (κ1) is 15.5. The lowest BCUT2D eigenvalue weighted by Gasteiger charge is -2.06. The average Bonchev–Trinajstić information content (AvgIpc) is 2.80. The molecule has 3 nitrogen and oxygen atoms in total. The van der Waals surface area contributed by atoms with Crippen molar-refractivity contribution in [2.75, 3.05) is 6.54 Å². The first-order valence-corrected chi connectivity index (χ1v) is 7.08. The van der Waals surface area contributed by atoms with E-state index in [1.54, 1.807) is 6.92 Å². The lowest BCUT2D eigenvalue weighted by Crippen LogP contribution is -2.22. The number of benzene rings is 1. The molecule has 1 N–H and O–H groups in total. The van der Waals surface area contributed by atoms with Gasteiger partial charge in [0.05, 0.1) is 11.3 Å². The van der Waals surface area contributed by atoms with Crippen molar-refractivity contribution in [3.8, 4) is 10.6 Å². The molecule has 1 aromatic carbocycles. The Morgan fingerprint density at radius 2 is 1.90 bits per heavy atom. The zero-order chi connectivity index (χ0) is 15.6. The van der Waals surface area contributed by atoms with Crippen LogP contribution in [0.3, 0.4) is 0 Å². The molecule has 0 aliphatic heterocycles. The summed E-state index contributed by atoms with van der Waals surface area (Å²) in [6.07, 6.45) is -4.36. The minimum atomic E-state index is -4.36. The molecule has 0 bridgehead atoms. The maximum Gasteiger partial charge on any atom is 0.416 e. The van der Waals surface area contributed by atoms with E-state index in [-0.39, 0.29) is 5.91 Å². The summed E-state index contributed by atoms with van der Waals surface area (Å²) in [5.41, 5.74) is 0.427. The highest BCUT2D eigenvalue weighted by Gasteiger charge is 2.30. The van der Waals surface area contributed by atoms with Crippen LogP contribution in [0.25, 0.3) is 10.6 Å². The van der Waals surface area contributed by atoms with E-state index in [4.69, 9.17) is 0 Å². The summed E-state index contributed by atoms with van der Waals surface area (Å²) >= 11 is 1.17. The number of halogens is 3. The standard InChI is InChI=1S/C14H13F3N2OS/c1-3-18-12(20)11-8(2)19-13(21-11)9-4-6-10(7-5-9)14(15,16)17/h4-7H,3H2,1-2H3,(H,18,20). The molecule has 0 spiro atoms. The number of hydrogen-bond donors (Lipinski definition) is 1. The molecular formula is C14H13F3N2OS. The van der Waals surface area contributed by atoms with Crippen molar-refractivity contribution < 1.29 is 18.0 Å². The van der Waals surface area contributed by atoms with Gasteiger partial charge in [-0.05, 0) is 26.0 Å². The minimum absolute atomic E-state index is 0.217. The molecule has 0 fully saturated rings. The number of nitrogens with zero attached hydrogens (tertiary/aromatic N) is 1. The molecule has 1 aromatic heterocycles. The monoisotopic (exact) mass is 314 g/mol. The van der Waals surface area contributed by atoms with Gasteiger partial charge in [-0.15, -0.1) is 11.3 Å². The number of aromatic nitrogens is 1. The molecule has 0 radical (unpaired) electrons. The zero-order valence-electron chi connectivity index (χ0n) is 11.4. The second-order valence-corrected chi connectivity index (χ2v) is 5.37. The molecular weight excluding hydrogens is 301 g/mol. The summed E-state index contributed by atoms with van der Waals surface area (Å²) in [4.78, 5) is 16.5. The summed E-state index contributed by atoms with van der Waals surface area (Å²) in [5, 5.41) is 3.21. The number of hydrogen-bond acceptors (Lipinski definition) is 3. The van der Waals surface area contributed by atoms with Crippen molar-refractivity contribution in [2.45, 2.75) is 20.0 Å². The fraction of sp³-hybridized carbons (Fsp3) is 0.286. The molecule has 7 heteroatoms. The highest BCUT2D eigenvalue weighted by Crippen LogP contribution is 2.32. The Balaban J connectivity index is 2.31. The van der Waals surface area contributed by atoms with Crippen LogP contribution in [-0.2, 0) is 6.18 Å². The first-order valence-electron chi connectivity index (χ1n) is 6.26. The molecule has 1 heterocycles. The average molecular weight is 314 g/mol. The van der Waals surface area contributed by atoms with E-state index < -0.39 is 11.7 Å². The molecule has 2 rings (SSSR count). The molecule has 1 amide bonds. The third kappa shape index (κ3) is 3.41. The lowest BCUT2D eigenvalue weighted by atomic mass is 10.1. The van der Waals surface area contributed by atoms with Gasteiger partial charge in [-0.25, -0.2) is 4.98 Å². The summed E-state index contributed by atoms with van der Waals surface area (Å²) in [6, 6.07) is 4.75. The van der Waals surface area contributed by atoms with Gasteiger partial charge in [-0.3, -0.25) is 4.79 Å². The Kier molecular flexibility index (Phi) is 4.32. The molecule has 21 heavy (non-hydrogen) atoms. The van der Waals surface area contributed by atoms with E-state index in [9.17, 15) is 18.0 Å². The van der Waals surface area contributed by atoms with Crippen molar-refractivity contribution in [2.24, 2.45) is 0 Å². The first-order chi connectivity index (χ1) is 9.82. The van der Waals surface area contributed by atoms with Gasteiger partial charge in [0.25, 0.3) is 5.91 Å². The van der Waals surface area contributed by atoms with Crippen LogP contribution < -0.4 is 5.32 Å². The van der Waals surface area contributed by atoms with Crippen LogP contribution in [0.2, 0.25) is 0 Å². The van der Waals surface area contributed by atoms with Gasteiger partial charge >= 0.3 is 6.18 Å². The van der Waals surface area contributed by atoms with Crippen LogP contribution >= 0.6 is 11.3 Å². The number of nitrogens with one attached hydrogen (secondary N) is 1. The van der Waals surface area contributed by atoms with E-state index in [0.29, 0.717) is 27.7 Å². The quantitative estimate of drug-likeness (QED) is 0.934. The lowest BCUT2D eigenvalue weighted by molar-refractivity contribution is -0.137. The van der Waals surface area contributed by atoms with Crippen LogP contribution in [-0.4, -0.2) is 17.4 Å². The van der Waals surface area contributed by atoms with E-state index in [1.165, 1.54) is 23.5 Å². The fourth-order valence-electron chi connectivity index (χ4n) is 1.77. The molecule has 0 atom stereocenters. The number of thiazole rings is 1. The smallest absolute Gasteiger partial charge is 0.352 e. The number of amides is 1. The second-order valence-electron chi connectivity index (χ2n) is 4.37. The van der Waals surface area contributed by atoms with E-state index in [1.807, 2.05) is 6.92 Å². The normalized spacial score (nSPS) is 11.5. The molecule has 0 unspecified atom stereocenters. The van der Waals surface area contributed by atoms with Crippen LogP contribution in [0.5, 0.6) is 0 Å². The molecule has 2 aromatic rings. The maximum absolute atomic E-state index is 12.5. The predicted molar refractivity (Wildman–Crippen MR) is 75.3 cm³/mol. The molecule has 0 aliphatic rings. The summed E-state index contributed by atoms with van der Waals surface area (Å²) in [5.74, 6) is -0.217. The summed E-state index contributed by atoms with van der Waals surface area (Å²) < 4.78 is 37.5. The largest absolute Gasteiger partial charge is 0.416 e. The van der Waals surface area contributed by atoms with Crippen LogP contribution in [0, 0.1) is 6.92 Å². The molecule has 0 aliphatic carbocycles. The highest BCUT2D eigenvalue weighted by molar-refractivity contribution is 7.17. The van der Waals surface area contributed by atoms with Gasteiger partial charge < -0.3 is 5.32 Å². The third-order valence-electron chi connectivity index (χ3n) is 2.80. The minimum Gasteiger partial charge on any atom is -0.352 e. The Hall–Kier alpha value is -1.89. The number of alkyl halides is 3. The Morgan fingerprint density at radius 1 is 1.29 bits per heavy atom. The highest BCUT2D eigenvalue weighted by atomic mass is 32.1. The molecule has 112 valence electrons. The molecule has 0 saturated carbocycles. The van der Waals surface area contributed by atoms with Crippen molar-refractivity contribution in [3.05, 3.63) is 40.4 Å². The number of carbonyl (C=O) groups is 1. The SMILES string of the molecule is CCNC(=O)c1sc(-c2ccc(C(F)(F)F)cc2)nc1C. The zero-order valence-corrected chi connectivity index (χ0v) is 12.2.